The van der Waals surface area contributed by atoms with Gasteiger partial charge < -0.3 is 4.42 Å². The van der Waals surface area contributed by atoms with E-state index in [1.54, 1.807) is 15.6 Å². The molecule has 0 radical (unpaired) electrons. The van der Waals surface area contributed by atoms with Gasteiger partial charge in [-0.05, 0) is 34.5 Å². The van der Waals surface area contributed by atoms with Crippen LogP contribution in [0.1, 0.15) is 198 Å². The second-order valence-corrected chi connectivity index (χ2v) is 41.1. The van der Waals surface area contributed by atoms with Crippen molar-refractivity contribution in [3.05, 3.63) is 103 Å². The van der Waals surface area contributed by atoms with Crippen molar-refractivity contribution < 1.29 is 4.42 Å². The first-order valence-electron chi connectivity index (χ1n) is 30.9. The number of furan rings is 1. The van der Waals surface area contributed by atoms with Gasteiger partial charge >= 0.3 is 0 Å². The molecule has 0 aliphatic carbocycles. The molecule has 0 N–H and O–H groups in total. The minimum absolute atomic E-state index is 0.910. The van der Waals surface area contributed by atoms with E-state index in [4.69, 9.17) is 4.42 Å². The Bertz CT molecular complexity index is 2080. The molecule has 5 aromatic rings. The second-order valence-electron chi connectivity index (χ2n) is 22.6. The summed E-state index contributed by atoms with van der Waals surface area (Å²) in [6.07, 6.45) is 28.2. The Labute approximate surface area is 456 Å². The lowest BCUT2D eigenvalue weighted by Crippen LogP contribution is -2.48. The number of rotatable bonds is 39. The summed E-state index contributed by atoms with van der Waals surface area (Å²) in [6, 6.07) is 54.2. The standard InChI is InChI=1S/C66H107NOP2Si3/c1-11-21-47-67(70(65-33-31-32-58-46-48-68-66(58)65)61-38-44-64(45-39-61)73(55-28-18-8,56-29-19-9)57-30-20-10)69(59-34-40-62(41-35-59)71(49-22-12-2,50-23-13-3)51-24-14-4)60-36-42-63(43-37-60)72(52-25-15-5,53-26-16-6)54-27-17-7/h31-46,48H,11-30,47,49-57H2,1-10H3. The zero-order valence-electron chi connectivity index (χ0n) is 48.8. The summed E-state index contributed by atoms with van der Waals surface area (Å²) in [4.78, 5) is 0. The lowest BCUT2D eigenvalue weighted by atomic mass is 10.3. The first-order chi connectivity index (χ1) is 35.7. The molecule has 73 heavy (non-hydrogen) atoms. The summed E-state index contributed by atoms with van der Waals surface area (Å²) in [5, 5.41) is 12.3. The fraction of sp³-hybridized carbons (Fsp3) is 0.606. The van der Waals surface area contributed by atoms with Crippen molar-refractivity contribution in [3.63, 3.8) is 0 Å². The van der Waals surface area contributed by atoms with Gasteiger partial charge in [0, 0.05) is 33.4 Å². The smallest absolute Gasteiger partial charge is 0.143 e. The van der Waals surface area contributed by atoms with Gasteiger partial charge in [0.2, 0.25) is 0 Å². The molecule has 1 aromatic heterocycles. The van der Waals surface area contributed by atoms with Crippen molar-refractivity contribution >= 4 is 88.1 Å². The molecule has 7 heteroatoms. The first-order valence-corrected chi connectivity index (χ1v) is 41.3. The van der Waals surface area contributed by atoms with E-state index in [0.29, 0.717) is 0 Å². The molecule has 0 fully saturated rings. The normalized spacial score (nSPS) is 13.0. The highest BCUT2D eigenvalue weighted by molar-refractivity contribution is 7.84. The van der Waals surface area contributed by atoms with Crippen molar-refractivity contribution in [2.24, 2.45) is 0 Å². The van der Waals surface area contributed by atoms with Crippen LogP contribution in [-0.4, -0.2) is 35.2 Å². The molecular formula is C66H107NOP2Si3. The Balaban J connectivity index is 1.81. The van der Waals surface area contributed by atoms with E-state index in [9.17, 15) is 0 Å². The molecule has 1 atom stereocenters. The van der Waals surface area contributed by atoms with E-state index in [-0.39, 0.29) is 0 Å². The van der Waals surface area contributed by atoms with Crippen LogP contribution in [0.25, 0.3) is 11.0 Å². The lowest BCUT2D eigenvalue weighted by Gasteiger charge is -2.40. The predicted octanol–water partition coefficient (Wildman–Crippen LogP) is 19.1. The Hall–Kier alpha value is -2.11. The van der Waals surface area contributed by atoms with Gasteiger partial charge in [-0.15, -0.1) is 0 Å². The summed E-state index contributed by atoms with van der Waals surface area (Å²) >= 11 is 0. The van der Waals surface area contributed by atoms with Gasteiger partial charge in [-0.3, -0.25) is 0 Å². The molecule has 1 heterocycles. The number of fused-ring (bicyclic) bond motifs is 1. The highest BCUT2D eigenvalue weighted by Gasteiger charge is 2.39. The molecule has 0 aliphatic heterocycles. The lowest BCUT2D eigenvalue weighted by molar-refractivity contribution is 0.617. The summed E-state index contributed by atoms with van der Waals surface area (Å²) in [6.45, 7) is 25.1. The first kappa shape index (κ1) is 61.7. The number of unbranched alkanes of at least 4 members (excludes halogenated alkanes) is 10. The summed E-state index contributed by atoms with van der Waals surface area (Å²) in [5.41, 5.74) is 1.08. The molecule has 404 valence electrons. The van der Waals surface area contributed by atoms with Crippen LogP contribution in [0.3, 0.4) is 0 Å². The van der Waals surface area contributed by atoms with Gasteiger partial charge in [0.15, 0.2) is 0 Å². The van der Waals surface area contributed by atoms with E-state index in [0.717, 1.165) is 12.1 Å². The zero-order valence-corrected chi connectivity index (χ0v) is 53.6. The van der Waals surface area contributed by atoms with E-state index in [1.807, 2.05) is 6.26 Å². The number of para-hydroxylation sites is 1. The van der Waals surface area contributed by atoms with Gasteiger partial charge in [0.1, 0.15) is 5.58 Å². The van der Waals surface area contributed by atoms with Crippen LogP contribution in [0, 0.1) is 0 Å². The minimum Gasteiger partial charge on any atom is -0.464 e. The number of hydrogen-bond acceptors (Lipinski definition) is 2. The van der Waals surface area contributed by atoms with Crippen molar-refractivity contribution in [1.29, 1.82) is 0 Å². The molecular weight excluding hydrogens is 969 g/mol. The third kappa shape index (κ3) is 16.7. The zero-order chi connectivity index (χ0) is 52.4. The SMILES string of the molecule is CCCCN(P(c1ccc([Si](CCCC)(CCCC)CCCC)cc1)c1ccc([Si](CCCC)(CCCC)CCCC)cc1)P(c1ccc([Si](CCCC)(CCCC)CCCC)cc1)c1cccc2ccoc12. The molecule has 0 bridgehead atoms. The maximum absolute atomic E-state index is 6.62. The van der Waals surface area contributed by atoms with Crippen LogP contribution < -0.4 is 36.8 Å². The van der Waals surface area contributed by atoms with Crippen LogP contribution in [0.15, 0.2) is 108 Å². The van der Waals surface area contributed by atoms with Crippen molar-refractivity contribution in [3.8, 4) is 0 Å². The van der Waals surface area contributed by atoms with Crippen LogP contribution in [-0.2, 0) is 0 Å². The number of hydrogen-bond donors (Lipinski definition) is 0. The van der Waals surface area contributed by atoms with Crippen LogP contribution in [0.2, 0.25) is 54.4 Å². The molecule has 0 saturated carbocycles. The quantitative estimate of drug-likeness (QED) is 0.0288. The molecule has 0 spiro atoms. The monoisotopic (exact) mass is 1080 g/mol. The highest BCUT2D eigenvalue weighted by Crippen LogP contribution is 2.55. The van der Waals surface area contributed by atoms with Gasteiger partial charge in [0.05, 0.1) is 30.5 Å². The highest BCUT2D eigenvalue weighted by atomic mass is 31.2. The third-order valence-electron chi connectivity index (χ3n) is 17.1. The topological polar surface area (TPSA) is 16.4 Å². The Morgan fingerprint density at radius 3 is 0.945 bits per heavy atom. The largest absolute Gasteiger partial charge is 0.464 e. The van der Waals surface area contributed by atoms with Crippen LogP contribution in [0.4, 0.5) is 0 Å². The third-order valence-corrected chi connectivity index (χ3v) is 39.1. The average Bonchev–Trinajstić information content (AvgIpc) is 3.93. The molecule has 4 aromatic carbocycles. The summed E-state index contributed by atoms with van der Waals surface area (Å²) in [5.74, 6) is 0. The minimum atomic E-state index is -1.69. The molecule has 0 amide bonds. The van der Waals surface area contributed by atoms with Crippen LogP contribution in [0.5, 0.6) is 0 Å². The maximum Gasteiger partial charge on any atom is 0.143 e. The number of nitrogens with zero attached hydrogens (tertiary/aromatic N) is 1. The van der Waals surface area contributed by atoms with Gasteiger partial charge in [0.25, 0.3) is 0 Å². The molecule has 2 nitrogen and oxygen atoms in total. The predicted molar refractivity (Wildman–Crippen MR) is 343 cm³/mol. The molecule has 5 rings (SSSR count). The van der Waals surface area contributed by atoms with Crippen molar-refractivity contribution in [2.45, 2.75) is 252 Å². The summed E-state index contributed by atoms with van der Waals surface area (Å²) < 4.78 is 9.70. The van der Waals surface area contributed by atoms with Crippen molar-refractivity contribution in [1.82, 2.24) is 4.44 Å². The Kier molecular flexibility index (Phi) is 28.1. The number of benzene rings is 4. The second kappa shape index (κ2) is 33.2. The van der Waals surface area contributed by atoms with E-state index < -0.39 is 40.4 Å². The fourth-order valence-electron chi connectivity index (χ4n) is 12.5. The average molecular weight is 1080 g/mol. The molecule has 1 unspecified atom stereocenters. The fourth-order valence-corrected chi connectivity index (χ4v) is 35.4. The van der Waals surface area contributed by atoms with Crippen LogP contribution >= 0.6 is 16.1 Å². The molecule has 0 aliphatic rings. The van der Waals surface area contributed by atoms with E-state index >= 15 is 0 Å². The van der Waals surface area contributed by atoms with Crippen molar-refractivity contribution in [2.75, 3.05) is 6.54 Å². The Morgan fingerprint density at radius 2 is 0.644 bits per heavy atom. The molecule has 0 saturated heterocycles. The van der Waals surface area contributed by atoms with E-state index in [1.165, 1.54) is 209 Å². The van der Waals surface area contributed by atoms with Gasteiger partial charge in [-0.25, -0.2) is 4.44 Å². The van der Waals surface area contributed by atoms with E-state index in [2.05, 4.69) is 171 Å². The van der Waals surface area contributed by atoms with Gasteiger partial charge in [-0.2, -0.15) is 0 Å². The van der Waals surface area contributed by atoms with Gasteiger partial charge in [-0.1, -0.05) is 346 Å². The maximum atomic E-state index is 6.62. The Morgan fingerprint density at radius 1 is 0.342 bits per heavy atom. The summed E-state index contributed by atoms with van der Waals surface area (Å²) in [7, 11) is -6.94.